The molecule has 0 fully saturated rings. The van der Waals surface area contributed by atoms with Crippen molar-refractivity contribution in [2.24, 2.45) is 0 Å². The molecule has 9 rings (SSSR count). The fourth-order valence-electron chi connectivity index (χ4n) is 8.09. The molecule has 1 aromatic heterocycles. The summed E-state index contributed by atoms with van der Waals surface area (Å²) in [4.78, 5) is 2.45. The molecule has 0 amide bonds. The minimum absolute atomic E-state index is 0.0600. The van der Waals surface area contributed by atoms with Gasteiger partial charge in [-0.2, -0.15) is 0 Å². The van der Waals surface area contributed by atoms with Crippen molar-refractivity contribution in [1.82, 2.24) is 14.8 Å². The Balaban J connectivity index is 1.11. The number of para-hydroxylation sites is 1. The molecule has 3 heteroatoms. The lowest BCUT2D eigenvalue weighted by Gasteiger charge is -2.39. The Morgan fingerprint density at radius 2 is 1.23 bits per heavy atom. The largest absolute Gasteiger partial charge is 0.359 e. The van der Waals surface area contributed by atoms with Gasteiger partial charge < -0.3 is 9.88 Å². The zero-order valence-corrected chi connectivity index (χ0v) is 27.0. The molecule has 1 aliphatic heterocycles. The highest BCUT2D eigenvalue weighted by Gasteiger charge is 2.37. The van der Waals surface area contributed by atoms with E-state index in [1.807, 2.05) is 0 Å². The number of rotatable bonds is 4. The van der Waals surface area contributed by atoms with E-state index in [2.05, 4.69) is 187 Å². The topological polar surface area (TPSA) is 20.2 Å². The zero-order chi connectivity index (χ0) is 31.7. The van der Waals surface area contributed by atoms with Crippen LogP contribution in [0.3, 0.4) is 0 Å². The summed E-state index contributed by atoms with van der Waals surface area (Å²) >= 11 is 0. The van der Waals surface area contributed by atoms with Crippen LogP contribution in [0.5, 0.6) is 0 Å². The van der Waals surface area contributed by atoms with Gasteiger partial charge in [0.25, 0.3) is 0 Å². The Labute approximate surface area is 276 Å². The van der Waals surface area contributed by atoms with Crippen LogP contribution in [-0.2, 0) is 5.41 Å². The molecule has 2 unspecified atom stereocenters. The second kappa shape index (κ2) is 10.6. The summed E-state index contributed by atoms with van der Waals surface area (Å²) in [6.45, 7) is 4.73. The first kappa shape index (κ1) is 27.9. The molecule has 47 heavy (non-hydrogen) atoms. The third-order valence-electron chi connectivity index (χ3n) is 10.6. The molecular formula is C44H37N3. The second-order valence-corrected chi connectivity index (χ2v) is 13.6. The van der Waals surface area contributed by atoms with Crippen molar-refractivity contribution in [1.29, 1.82) is 0 Å². The number of nitrogens with zero attached hydrogens (tertiary/aromatic N) is 2. The van der Waals surface area contributed by atoms with E-state index in [-0.39, 0.29) is 17.7 Å². The molecule has 3 nitrogen and oxygen atoms in total. The normalized spacial score (nSPS) is 18.3. The summed E-state index contributed by atoms with van der Waals surface area (Å²) in [5.74, 6) is 0. The van der Waals surface area contributed by atoms with E-state index in [1.165, 1.54) is 71.9 Å². The molecule has 6 aromatic carbocycles. The average Bonchev–Trinajstić information content (AvgIpc) is 3.56. The summed E-state index contributed by atoms with van der Waals surface area (Å²) in [6, 6.07) is 51.3. The second-order valence-electron chi connectivity index (χ2n) is 13.6. The maximum absolute atomic E-state index is 3.74. The highest BCUT2D eigenvalue weighted by molar-refractivity contribution is 6.10. The third-order valence-corrected chi connectivity index (χ3v) is 10.6. The van der Waals surface area contributed by atoms with Gasteiger partial charge in [-0.15, -0.1) is 0 Å². The number of nitrogens with one attached hydrogen (secondary N) is 1. The van der Waals surface area contributed by atoms with Gasteiger partial charge in [-0.05, 0) is 93.7 Å². The first-order valence-electron chi connectivity index (χ1n) is 16.6. The Kier molecular flexibility index (Phi) is 6.28. The van der Waals surface area contributed by atoms with E-state index in [4.69, 9.17) is 0 Å². The average molecular weight is 608 g/mol. The summed E-state index contributed by atoms with van der Waals surface area (Å²) in [5.41, 5.74) is 14.2. The molecule has 2 aliphatic rings. The molecule has 7 aromatic rings. The van der Waals surface area contributed by atoms with Crippen molar-refractivity contribution in [2.75, 3.05) is 7.05 Å². The van der Waals surface area contributed by atoms with Crippen molar-refractivity contribution >= 4 is 21.8 Å². The van der Waals surface area contributed by atoms with Crippen LogP contribution in [0.4, 0.5) is 0 Å². The number of fused-ring (bicyclic) bond motifs is 6. The molecule has 228 valence electrons. The minimum atomic E-state index is -0.0637. The van der Waals surface area contributed by atoms with Gasteiger partial charge in [-0.1, -0.05) is 129 Å². The molecule has 2 atom stereocenters. The predicted molar refractivity (Wildman–Crippen MR) is 196 cm³/mol. The van der Waals surface area contributed by atoms with Gasteiger partial charge >= 0.3 is 0 Å². The number of likely N-dealkylation sites (N-methyl/N-ethyl adjacent to an activating group) is 1. The molecule has 0 spiro atoms. The van der Waals surface area contributed by atoms with Crippen LogP contribution in [-0.4, -0.2) is 16.5 Å². The molecule has 0 saturated heterocycles. The zero-order valence-electron chi connectivity index (χ0n) is 27.0. The van der Waals surface area contributed by atoms with Gasteiger partial charge in [0.05, 0.1) is 17.1 Å². The van der Waals surface area contributed by atoms with Crippen molar-refractivity contribution in [2.45, 2.75) is 31.6 Å². The highest BCUT2D eigenvalue weighted by Crippen LogP contribution is 2.51. The van der Waals surface area contributed by atoms with Crippen molar-refractivity contribution in [3.8, 4) is 33.4 Å². The maximum Gasteiger partial charge on any atom is 0.162 e. The van der Waals surface area contributed by atoms with E-state index >= 15 is 0 Å². The van der Waals surface area contributed by atoms with Crippen LogP contribution >= 0.6 is 0 Å². The van der Waals surface area contributed by atoms with E-state index in [1.54, 1.807) is 0 Å². The number of benzene rings is 6. The summed E-state index contributed by atoms with van der Waals surface area (Å²) in [7, 11) is 2.24. The van der Waals surface area contributed by atoms with Crippen LogP contribution in [0, 0.1) is 0 Å². The molecule has 0 radical (unpaired) electrons. The van der Waals surface area contributed by atoms with Crippen LogP contribution in [0.2, 0.25) is 0 Å². The predicted octanol–water partition coefficient (Wildman–Crippen LogP) is 10.7. The summed E-state index contributed by atoms with van der Waals surface area (Å²) in [5, 5.41) is 6.32. The first-order valence-corrected chi connectivity index (χ1v) is 16.6. The van der Waals surface area contributed by atoms with Crippen molar-refractivity contribution in [3.63, 3.8) is 0 Å². The van der Waals surface area contributed by atoms with Crippen LogP contribution in [0.1, 0.15) is 42.9 Å². The number of hydrogen-bond acceptors (Lipinski definition) is 2. The van der Waals surface area contributed by atoms with E-state index in [0.29, 0.717) is 0 Å². The van der Waals surface area contributed by atoms with Gasteiger partial charge in [0.1, 0.15) is 0 Å². The van der Waals surface area contributed by atoms with Crippen LogP contribution in [0.25, 0.3) is 55.2 Å². The van der Waals surface area contributed by atoms with Gasteiger partial charge in [-0.25, -0.2) is 0 Å². The Morgan fingerprint density at radius 1 is 0.553 bits per heavy atom. The van der Waals surface area contributed by atoms with Crippen molar-refractivity contribution < 1.29 is 0 Å². The standard InChI is InChI=1S/C44H37N3/c1-44(2)38-18-9-7-16-34(38)36-27-37-35-17-8-10-19-41(35)47(42(37)28-39(36)44)43-45-25-24-40(46(43)3)33-15-11-14-32(26-33)31-22-20-30(21-23-31)29-12-5-4-6-13-29/h4-28,40,43,45H,1-3H3. The van der Waals surface area contributed by atoms with Gasteiger partial charge in [0.15, 0.2) is 6.29 Å². The van der Waals surface area contributed by atoms with E-state index in [0.717, 1.165) is 0 Å². The van der Waals surface area contributed by atoms with E-state index in [9.17, 15) is 0 Å². The molecular weight excluding hydrogens is 571 g/mol. The lowest BCUT2D eigenvalue weighted by atomic mass is 9.82. The lowest BCUT2D eigenvalue weighted by Crippen LogP contribution is -2.42. The Bertz CT molecular complexity index is 2330. The van der Waals surface area contributed by atoms with E-state index < -0.39 is 0 Å². The fourth-order valence-corrected chi connectivity index (χ4v) is 8.09. The molecule has 1 aliphatic carbocycles. The minimum Gasteiger partial charge on any atom is -0.359 e. The maximum atomic E-state index is 3.74. The summed E-state index contributed by atoms with van der Waals surface area (Å²) < 4.78 is 2.51. The van der Waals surface area contributed by atoms with Gasteiger partial charge in [0, 0.05) is 16.2 Å². The first-order chi connectivity index (χ1) is 23.0. The Morgan fingerprint density at radius 3 is 2.06 bits per heavy atom. The monoisotopic (exact) mass is 607 g/mol. The molecule has 2 heterocycles. The third kappa shape index (κ3) is 4.31. The van der Waals surface area contributed by atoms with Crippen LogP contribution < -0.4 is 5.32 Å². The molecule has 0 saturated carbocycles. The molecule has 0 bridgehead atoms. The van der Waals surface area contributed by atoms with Gasteiger partial charge in [0.2, 0.25) is 0 Å². The fraction of sp³-hybridized carbons (Fsp3) is 0.136. The van der Waals surface area contributed by atoms with Gasteiger partial charge in [-0.3, -0.25) is 4.90 Å². The SMILES string of the molecule is CN1C(c2cccc(-c3ccc(-c4ccccc4)cc3)c2)C=CNC1n1c2ccccc2c2cc3c(cc21)C(C)(C)c1ccccc1-3. The highest BCUT2D eigenvalue weighted by atomic mass is 15.4. The van der Waals surface area contributed by atoms with Crippen LogP contribution in [0.15, 0.2) is 152 Å². The molecule has 1 N–H and O–H groups in total. The summed E-state index contributed by atoms with van der Waals surface area (Å²) in [6.07, 6.45) is 4.36. The smallest absolute Gasteiger partial charge is 0.162 e. The Hall–Kier alpha value is -5.38. The quantitative estimate of drug-likeness (QED) is 0.215. The van der Waals surface area contributed by atoms with Crippen molar-refractivity contribution in [3.05, 3.63) is 168 Å². The number of aromatic nitrogens is 1. The number of hydrogen-bond donors (Lipinski definition) is 1. The lowest BCUT2D eigenvalue weighted by molar-refractivity contribution is 0.119.